The molecule has 0 fully saturated rings. The maximum absolute atomic E-state index is 12.2. The first kappa shape index (κ1) is 19.1. The van der Waals surface area contributed by atoms with Crippen LogP contribution in [0.1, 0.15) is 37.4 Å². The van der Waals surface area contributed by atoms with Gasteiger partial charge in [-0.1, -0.05) is 31.2 Å². The van der Waals surface area contributed by atoms with E-state index in [9.17, 15) is 19.7 Å². The Balaban J connectivity index is 1.91. The van der Waals surface area contributed by atoms with Gasteiger partial charge in [0.25, 0.3) is 5.69 Å². The van der Waals surface area contributed by atoms with Crippen molar-refractivity contribution in [2.24, 2.45) is 0 Å². The third-order valence-corrected chi connectivity index (χ3v) is 3.90. The van der Waals surface area contributed by atoms with Gasteiger partial charge in [-0.3, -0.25) is 19.7 Å². The van der Waals surface area contributed by atoms with Gasteiger partial charge in [0, 0.05) is 24.2 Å². The number of hydrogen-bond donors (Lipinski definition) is 2. The fourth-order valence-corrected chi connectivity index (χ4v) is 2.40. The molecule has 0 aliphatic heterocycles. The average Bonchev–Trinajstić information content (AvgIpc) is 2.62. The Morgan fingerprint density at radius 3 is 2.19 bits per heavy atom. The highest BCUT2D eigenvalue weighted by Gasteiger charge is 2.11. The smallest absolute Gasteiger partial charge is 0.269 e. The fourth-order valence-electron chi connectivity index (χ4n) is 2.40. The molecule has 0 saturated heterocycles. The SMILES string of the molecule is CCC(=O)Nc1ccc(C(C)NC(=O)Cc2ccc([N+](=O)[O-])cc2)cc1. The molecular weight excluding hydrogens is 334 g/mol. The Bertz CT molecular complexity index is 785. The molecule has 2 N–H and O–H groups in total. The van der Waals surface area contributed by atoms with Crippen LogP contribution in [-0.2, 0) is 16.0 Å². The molecule has 136 valence electrons. The molecule has 2 amide bonds. The number of rotatable bonds is 7. The Labute approximate surface area is 151 Å². The number of non-ortho nitro benzene ring substituents is 1. The number of hydrogen-bond acceptors (Lipinski definition) is 4. The van der Waals surface area contributed by atoms with E-state index in [4.69, 9.17) is 0 Å². The predicted molar refractivity (Wildman–Crippen MR) is 98.7 cm³/mol. The van der Waals surface area contributed by atoms with E-state index in [1.54, 1.807) is 31.2 Å². The molecule has 0 heterocycles. The van der Waals surface area contributed by atoms with E-state index < -0.39 is 4.92 Å². The van der Waals surface area contributed by atoms with Gasteiger partial charge in [-0.05, 0) is 30.2 Å². The molecule has 0 aromatic heterocycles. The number of amides is 2. The van der Waals surface area contributed by atoms with E-state index in [-0.39, 0.29) is 30.0 Å². The second kappa shape index (κ2) is 8.75. The summed E-state index contributed by atoms with van der Waals surface area (Å²) in [5.41, 5.74) is 2.33. The van der Waals surface area contributed by atoms with Crippen molar-refractivity contribution in [1.29, 1.82) is 0 Å². The highest BCUT2D eigenvalue weighted by Crippen LogP contribution is 2.17. The zero-order valence-corrected chi connectivity index (χ0v) is 14.7. The number of anilines is 1. The van der Waals surface area contributed by atoms with Gasteiger partial charge >= 0.3 is 0 Å². The zero-order chi connectivity index (χ0) is 19.1. The minimum atomic E-state index is -0.474. The van der Waals surface area contributed by atoms with Gasteiger partial charge in [0.05, 0.1) is 17.4 Å². The summed E-state index contributed by atoms with van der Waals surface area (Å²) in [6, 6.07) is 13.0. The lowest BCUT2D eigenvalue weighted by atomic mass is 10.1. The highest BCUT2D eigenvalue weighted by atomic mass is 16.6. The first-order valence-electron chi connectivity index (χ1n) is 8.31. The normalized spacial score (nSPS) is 11.5. The van der Waals surface area contributed by atoms with Gasteiger partial charge in [0.15, 0.2) is 0 Å². The third-order valence-electron chi connectivity index (χ3n) is 3.90. The van der Waals surface area contributed by atoms with Crippen LogP contribution in [0.25, 0.3) is 0 Å². The number of nitrogens with one attached hydrogen (secondary N) is 2. The summed E-state index contributed by atoms with van der Waals surface area (Å²) < 4.78 is 0. The Kier molecular flexibility index (Phi) is 6.43. The van der Waals surface area contributed by atoms with E-state index in [1.807, 2.05) is 19.1 Å². The number of benzene rings is 2. The van der Waals surface area contributed by atoms with Crippen molar-refractivity contribution in [2.45, 2.75) is 32.7 Å². The summed E-state index contributed by atoms with van der Waals surface area (Å²) in [5, 5.41) is 16.3. The van der Waals surface area contributed by atoms with Crippen molar-refractivity contribution in [3.05, 3.63) is 69.8 Å². The highest BCUT2D eigenvalue weighted by molar-refractivity contribution is 5.90. The van der Waals surface area contributed by atoms with Crippen LogP contribution in [0.4, 0.5) is 11.4 Å². The number of carbonyl (C=O) groups excluding carboxylic acids is 2. The maximum Gasteiger partial charge on any atom is 0.269 e. The molecule has 1 atom stereocenters. The van der Waals surface area contributed by atoms with Crippen LogP contribution in [0.15, 0.2) is 48.5 Å². The molecule has 0 radical (unpaired) electrons. The quantitative estimate of drug-likeness (QED) is 0.587. The molecule has 0 aliphatic rings. The molecule has 2 aromatic carbocycles. The fraction of sp³-hybridized carbons (Fsp3) is 0.263. The lowest BCUT2D eigenvalue weighted by Gasteiger charge is -2.15. The summed E-state index contributed by atoms with van der Waals surface area (Å²) >= 11 is 0. The number of carbonyl (C=O) groups is 2. The molecule has 0 bridgehead atoms. The van der Waals surface area contributed by atoms with Crippen molar-refractivity contribution in [3.63, 3.8) is 0 Å². The lowest BCUT2D eigenvalue weighted by molar-refractivity contribution is -0.384. The average molecular weight is 355 g/mol. The van der Waals surface area contributed by atoms with E-state index >= 15 is 0 Å². The van der Waals surface area contributed by atoms with Crippen molar-refractivity contribution >= 4 is 23.2 Å². The first-order valence-corrected chi connectivity index (χ1v) is 8.31. The Morgan fingerprint density at radius 1 is 1.04 bits per heavy atom. The van der Waals surface area contributed by atoms with Crippen LogP contribution < -0.4 is 10.6 Å². The molecule has 0 spiro atoms. The van der Waals surface area contributed by atoms with E-state index in [0.717, 1.165) is 5.56 Å². The second-order valence-corrected chi connectivity index (χ2v) is 5.91. The van der Waals surface area contributed by atoms with Crippen molar-refractivity contribution in [3.8, 4) is 0 Å². The Hall–Kier alpha value is -3.22. The van der Waals surface area contributed by atoms with E-state index in [2.05, 4.69) is 10.6 Å². The molecule has 2 aromatic rings. The van der Waals surface area contributed by atoms with Gasteiger partial charge in [-0.15, -0.1) is 0 Å². The number of nitro benzene ring substituents is 1. The van der Waals surface area contributed by atoms with Crippen LogP contribution in [-0.4, -0.2) is 16.7 Å². The number of nitrogens with zero attached hydrogens (tertiary/aromatic N) is 1. The van der Waals surface area contributed by atoms with Crippen molar-refractivity contribution in [2.75, 3.05) is 5.32 Å². The molecule has 0 aliphatic carbocycles. The van der Waals surface area contributed by atoms with Crippen LogP contribution in [0.3, 0.4) is 0 Å². The van der Waals surface area contributed by atoms with Crippen molar-refractivity contribution in [1.82, 2.24) is 5.32 Å². The second-order valence-electron chi connectivity index (χ2n) is 5.91. The molecule has 26 heavy (non-hydrogen) atoms. The van der Waals surface area contributed by atoms with E-state index in [0.29, 0.717) is 17.7 Å². The maximum atomic E-state index is 12.2. The summed E-state index contributed by atoms with van der Waals surface area (Å²) in [7, 11) is 0. The third kappa shape index (κ3) is 5.41. The van der Waals surface area contributed by atoms with Gasteiger partial charge in [0.2, 0.25) is 11.8 Å². The molecular formula is C19H21N3O4. The first-order chi connectivity index (χ1) is 12.4. The largest absolute Gasteiger partial charge is 0.349 e. The minimum Gasteiger partial charge on any atom is -0.349 e. The topological polar surface area (TPSA) is 101 Å². The van der Waals surface area contributed by atoms with Gasteiger partial charge in [0.1, 0.15) is 0 Å². The predicted octanol–water partition coefficient (Wildman–Crippen LogP) is 3.36. The van der Waals surface area contributed by atoms with Crippen LogP contribution in [0.2, 0.25) is 0 Å². The van der Waals surface area contributed by atoms with E-state index in [1.165, 1.54) is 12.1 Å². The minimum absolute atomic E-state index is 0.00206. The van der Waals surface area contributed by atoms with Crippen LogP contribution in [0.5, 0.6) is 0 Å². The zero-order valence-electron chi connectivity index (χ0n) is 14.7. The molecule has 1 unspecified atom stereocenters. The van der Waals surface area contributed by atoms with Gasteiger partial charge < -0.3 is 10.6 Å². The molecule has 7 nitrogen and oxygen atoms in total. The molecule has 2 rings (SSSR count). The van der Waals surface area contributed by atoms with Crippen molar-refractivity contribution < 1.29 is 14.5 Å². The Morgan fingerprint density at radius 2 is 1.65 bits per heavy atom. The number of nitro groups is 1. The summed E-state index contributed by atoms with van der Waals surface area (Å²) in [6.07, 6.45) is 0.559. The lowest BCUT2D eigenvalue weighted by Crippen LogP contribution is -2.28. The summed E-state index contributed by atoms with van der Waals surface area (Å²) in [5.74, 6) is -0.225. The van der Waals surface area contributed by atoms with Crippen LogP contribution >= 0.6 is 0 Å². The van der Waals surface area contributed by atoms with Gasteiger partial charge in [-0.25, -0.2) is 0 Å². The molecule has 0 saturated carbocycles. The van der Waals surface area contributed by atoms with Crippen LogP contribution in [0, 0.1) is 10.1 Å². The summed E-state index contributed by atoms with van der Waals surface area (Å²) in [6.45, 7) is 3.65. The standard InChI is InChI=1S/C19H21N3O4/c1-3-18(23)21-16-8-6-15(7-9-16)13(2)20-19(24)12-14-4-10-17(11-5-14)22(25)26/h4-11,13H,3,12H2,1-2H3,(H,20,24)(H,21,23). The molecule has 7 heteroatoms. The summed E-state index contributed by atoms with van der Waals surface area (Å²) in [4.78, 5) is 33.7. The van der Waals surface area contributed by atoms with Gasteiger partial charge in [-0.2, -0.15) is 0 Å². The monoisotopic (exact) mass is 355 g/mol.